The molecule has 0 spiro atoms. The topological polar surface area (TPSA) is 44.1 Å². The van der Waals surface area contributed by atoms with Gasteiger partial charge in [-0.3, -0.25) is 4.79 Å². The monoisotopic (exact) mass is 314 g/mol. The van der Waals surface area contributed by atoms with Crippen LogP contribution in [0.25, 0.3) is 11.0 Å². The minimum Gasteiger partial charge on any atom is -0.380 e. The Morgan fingerprint density at radius 2 is 2.33 bits per heavy atom. The van der Waals surface area contributed by atoms with Crippen LogP contribution >= 0.6 is 15.9 Å². The summed E-state index contributed by atoms with van der Waals surface area (Å²) in [7, 11) is 0. The smallest absolute Gasteiger partial charge is 0.185 e. The highest BCUT2D eigenvalue weighted by atomic mass is 79.9. The molecule has 0 aliphatic carbocycles. The molecule has 0 fully saturated rings. The number of hydrogen-bond acceptors (Lipinski definition) is 3. The second-order valence-corrected chi connectivity index (χ2v) is 4.55. The molecular weight excluding hydrogens is 303 g/mol. The number of benzene rings is 1. The molecule has 4 nitrogen and oxygen atoms in total. The fraction of sp³-hybridized carbons (Fsp3) is 0.333. The quantitative estimate of drug-likeness (QED) is 0.629. The molecule has 0 saturated carbocycles. The fourth-order valence-corrected chi connectivity index (χ4v) is 2.10. The maximum absolute atomic E-state index is 13.4. The van der Waals surface area contributed by atoms with Crippen molar-refractivity contribution in [3.63, 3.8) is 0 Å². The predicted octanol–water partition coefficient (Wildman–Crippen LogP) is 2.79. The number of ether oxygens (including phenoxy) is 1. The predicted molar refractivity (Wildman–Crippen MR) is 69.3 cm³/mol. The summed E-state index contributed by atoms with van der Waals surface area (Å²) in [6, 6.07) is 2.93. The van der Waals surface area contributed by atoms with Gasteiger partial charge in [0.25, 0.3) is 0 Å². The van der Waals surface area contributed by atoms with Crippen LogP contribution in [-0.2, 0) is 11.3 Å². The standard InChI is InChI=1S/C12H12BrFN2O2/c1-2-18-4-3-16-11-5-8(13)9(14)6-10(11)15-12(16)7-17/h5-7H,2-4H2,1H3. The molecule has 1 heterocycles. The highest BCUT2D eigenvalue weighted by molar-refractivity contribution is 9.10. The van der Waals surface area contributed by atoms with Gasteiger partial charge in [0.1, 0.15) is 5.82 Å². The van der Waals surface area contributed by atoms with Crippen molar-refractivity contribution >= 4 is 33.2 Å². The molecule has 2 aromatic rings. The van der Waals surface area contributed by atoms with Crippen molar-refractivity contribution < 1.29 is 13.9 Å². The lowest BCUT2D eigenvalue weighted by atomic mass is 10.3. The van der Waals surface area contributed by atoms with Crippen molar-refractivity contribution in [1.29, 1.82) is 0 Å². The van der Waals surface area contributed by atoms with Crippen LogP contribution in [0, 0.1) is 5.82 Å². The molecule has 2 rings (SSSR count). The Bertz CT molecular complexity index is 583. The Labute approximate surface area is 112 Å². The van der Waals surface area contributed by atoms with Gasteiger partial charge in [0.2, 0.25) is 0 Å². The first-order valence-electron chi connectivity index (χ1n) is 5.55. The van der Waals surface area contributed by atoms with Crippen molar-refractivity contribution in [2.75, 3.05) is 13.2 Å². The van der Waals surface area contributed by atoms with E-state index in [1.807, 2.05) is 6.92 Å². The van der Waals surface area contributed by atoms with Crippen LogP contribution in [0.4, 0.5) is 4.39 Å². The van der Waals surface area contributed by atoms with Gasteiger partial charge in [-0.15, -0.1) is 0 Å². The zero-order valence-electron chi connectivity index (χ0n) is 9.82. The Balaban J connectivity index is 2.47. The Morgan fingerprint density at radius 1 is 1.56 bits per heavy atom. The number of fused-ring (bicyclic) bond motifs is 1. The molecule has 6 heteroatoms. The SMILES string of the molecule is CCOCCn1c(C=O)nc2cc(F)c(Br)cc21. The molecule has 0 saturated heterocycles. The number of carbonyl (C=O) groups excluding carboxylic acids is 1. The third-order valence-electron chi connectivity index (χ3n) is 2.59. The van der Waals surface area contributed by atoms with Crippen LogP contribution in [-0.4, -0.2) is 29.1 Å². The van der Waals surface area contributed by atoms with Gasteiger partial charge in [-0.2, -0.15) is 0 Å². The van der Waals surface area contributed by atoms with E-state index in [4.69, 9.17) is 4.74 Å². The molecule has 1 aromatic carbocycles. The van der Waals surface area contributed by atoms with Crippen LogP contribution < -0.4 is 0 Å². The first-order chi connectivity index (χ1) is 8.67. The Hall–Kier alpha value is -1.27. The highest BCUT2D eigenvalue weighted by Crippen LogP contribution is 2.23. The molecule has 0 bridgehead atoms. The van der Waals surface area contributed by atoms with Gasteiger partial charge in [-0.05, 0) is 28.9 Å². The normalized spacial score (nSPS) is 11.1. The van der Waals surface area contributed by atoms with E-state index in [2.05, 4.69) is 20.9 Å². The van der Waals surface area contributed by atoms with Crippen molar-refractivity contribution in [3.05, 3.63) is 28.2 Å². The molecule has 0 unspecified atom stereocenters. The van der Waals surface area contributed by atoms with Crippen LogP contribution in [0.2, 0.25) is 0 Å². The molecule has 18 heavy (non-hydrogen) atoms. The third kappa shape index (κ3) is 2.44. The van der Waals surface area contributed by atoms with Gasteiger partial charge in [0.05, 0.1) is 22.1 Å². The van der Waals surface area contributed by atoms with E-state index in [9.17, 15) is 9.18 Å². The molecule has 0 radical (unpaired) electrons. The highest BCUT2D eigenvalue weighted by Gasteiger charge is 2.12. The summed E-state index contributed by atoms with van der Waals surface area (Å²) in [6.07, 6.45) is 0.664. The summed E-state index contributed by atoms with van der Waals surface area (Å²) in [4.78, 5) is 15.1. The largest absolute Gasteiger partial charge is 0.380 e. The van der Waals surface area contributed by atoms with Crippen molar-refractivity contribution in [2.24, 2.45) is 0 Å². The van der Waals surface area contributed by atoms with E-state index in [0.29, 0.717) is 41.6 Å². The van der Waals surface area contributed by atoms with Gasteiger partial charge in [-0.1, -0.05) is 0 Å². The lowest BCUT2D eigenvalue weighted by molar-refractivity contribution is 0.110. The summed E-state index contributed by atoms with van der Waals surface area (Å²) < 4.78 is 20.7. The van der Waals surface area contributed by atoms with Gasteiger partial charge >= 0.3 is 0 Å². The number of nitrogens with zero attached hydrogens (tertiary/aromatic N) is 2. The number of rotatable bonds is 5. The number of aldehydes is 1. The summed E-state index contributed by atoms with van der Waals surface area (Å²) in [5.41, 5.74) is 1.18. The maximum atomic E-state index is 13.4. The average Bonchev–Trinajstić information content (AvgIpc) is 2.68. The molecule has 0 atom stereocenters. The lowest BCUT2D eigenvalue weighted by Crippen LogP contribution is -2.09. The number of imidazole rings is 1. The van der Waals surface area contributed by atoms with E-state index in [1.165, 1.54) is 6.07 Å². The van der Waals surface area contributed by atoms with Crippen LogP contribution in [0.1, 0.15) is 17.5 Å². The third-order valence-corrected chi connectivity index (χ3v) is 3.20. The Kier molecular flexibility index (Phi) is 4.08. The fourth-order valence-electron chi connectivity index (χ4n) is 1.76. The molecule has 96 valence electrons. The summed E-state index contributed by atoms with van der Waals surface area (Å²) >= 11 is 3.13. The van der Waals surface area contributed by atoms with Gasteiger partial charge in [0.15, 0.2) is 12.1 Å². The molecular formula is C12H12BrFN2O2. The average molecular weight is 315 g/mol. The van der Waals surface area contributed by atoms with Crippen molar-refractivity contribution in [3.8, 4) is 0 Å². The minimum absolute atomic E-state index is 0.280. The van der Waals surface area contributed by atoms with Gasteiger partial charge in [0, 0.05) is 19.2 Å². The summed E-state index contributed by atoms with van der Waals surface area (Å²) in [5, 5.41) is 0. The zero-order valence-corrected chi connectivity index (χ0v) is 11.4. The molecule has 0 N–H and O–H groups in total. The lowest BCUT2D eigenvalue weighted by Gasteiger charge is -2.06. The molecule has 0 aliphatic rings. The van der Waals surface area contributed by atoms with E-state index >= 15 is 0 Å². The summed E-state index contributed by atoms with van der Waals surface area (Å²) in [6.45, 7) is 3.51. The van der Waals surface area contributed by atoms with Crippen molar-refractivity contribution in [1.82, 2.24) is 9.55 Å². The van der Waals surface area contributed by atoms with Crippen molar-refractivity contribution in [2.45, 2.75) is 13.5 Å². The second-order valence-electron chi connectivity index (χ2n) is 3.69. The van der Waals surface area contributed by atoms with E-state index < -0.39 is 5.82 Å². The molecule has 1 aromatic heterocycles. The minimum atomic E-state index is -0.394. The number of halogens is 2. The van der Waals surface area contributed by atoms with E-state index in [-0.39, 0.29) is 5.82 Å². The molecule has 0 amide bonds. The zero-order chi connectivity index (χ0) is 13.1. The molecule has 0 aliphatic heterocycles. The summed E-state index contributed by atoms with van der Waals surface area (Å²) in [5.74, 6) is -0.114. The first kappa shape index (κ1) is 13.2. The van der Waals surface area contributed by atoms with E-state index in [0.717, 1.165) is 0 Å². The van der Waals surface area contributed by atoms with Crippen LogP contribution in [0.3, 0.4) is 0 Å². The number of carbonyl (C=O) groups is 1. The van der Waals surface area contributed by atoms with E-state index in [1.54, 1.807) is 10.6 Å². The number of hydrogen-bond donors (Lipinski definition) is 0. The van der Waals surface area contributed by atoms with Gasteiger partial charge < -0.3 is 9.30 Å². The number of aromatic nitrogens is 2. The van der Waals surface area contributed by atoms with Crippen LogP contribution in [0.15, 0.2) is 16.6 Å². The maximum Gasteiger partial charge on any atom is 0.185 e. The Morgan fingerprint density at radius 3 is 3.00 bits per heavy atom. The first-order valence-corrected chi connectivity index (χ1v) is 6.35. The van der Waals surface area contributed by atoms with Gasteiger partial charge in [-0.25, -0.2) is 9.37 Å². The van der Waals surface area contributed by atoms with Crippen LogP contribution in [0.5, 0.6) is 0 Å². The second kappa shape index (κ2) is 5.58.